The minimum absolute atomic E-state index is 0. The topological polar surface area (TPSA) is 40.7 Å². The summed E-state index contributed by atoms with van der Waals surface area (Å²) >= 11 is -0.319. The average molecular weight is 133 g/mol. The molecule has 0 aromatic rings. The third-order valence-electron chi connectivity index (χ3n) is 0.408. The van der Waals surface area contributed by atoms with Crippen molar-refractivity contribution in [2.24, 2.45) is 0 Å². The van der Waals surface area contributed by atoms with Crippen LogP contribution in [0.2, 0.25) is 17.4 Å². The van der Waals surface area contributed by atoms with Crippen molar-refractivity contribution in [1.82, 2.24) is 0 Å². The molecule has 0 fully saturated rings. The summed E-state index contributed by atoms with van der Waals surface area (Å²) in [6.45, 7) is 0. The molecule has 0 aromatic heterocycles. The van der Waals surface area contributed by atoms with Gasteiger partial charge in [0.1, 0.15) is 0 Å². The molecule has 0 rings (SSSR count). The molecule has 4 heteroatoms. The van der Waals surface area contributed by atoms with Crippen LogP contribution >= 0.6 is 0 Å². The highest BCUT2D eigenvalue weighted by Crippen LogP contribution is 1.77. The van der Waals surface area contributed by atoms with E-state index in [2.05, 4.69) is 17.4 Å². The van der Waals surface area contributed by atoms with Crippen LogP contribution in [0.25, 0.3) is 0 Å². The predicted molar refractivity (Wildman–Crippen MR) is 33.8 cm³/mol. The van der Waals surface area contributed by atoms with Crippen LogP contribution < -0.4 is 0 Å². The minimum atomic E-state index is -0.633. The Balaban J connectivity index is 0. The molecular formula is C3H11Al2O2. The monoisotopic (exact) mass is 133 g/mol. The molecule has 0 aromatic carbocycles. The highest BCUT2D eigenvalue weighted by Gasteiger charge is 1.98. The Kier molecular flexibility index (Phi) is 10.9. The fraction of sp³-hybridized carbons (Fsp3) is 1.00. The van der Waals surface area contributed by atoms with Gasteiger partial charge < -0.3 is 8.32 Å². The molecule has 0 bridgehead atoms. The zero-order chi connectivity index (χ0) is 4.99. The smallest absolute Gasteiger partial charge is 0.422 e. The van der Waals surface area contributed by atoms with Gasteiger partial charge in [-0.3, -0.25) is 0 Å². The SMILES string of the molecule is O.[CH3][Al][O][Al]([CH3])[CH3]. The summed E-state index contributed by atoms with van der Waals surface area (Å²) in [5.41, 5.74) is 0. The van der Waals surface area contributed by atoms with E-state index in [0.29, 0.717) is 15.6 Å². The van der Waals surface area contributed by atoms with Crippen molar-refractivity contribution < 1.29 is 8.32 Å². The first-order valence-corrected chi connectivity index (χ1v) is 6.61. The van der Waals surface area contributed by atoms with Gasteiger partial charge in [0.15, 0.2) is 0 Å². The molecule has 0 spiro atoms. The van der Waals surface area contributed by atoms with Crippen molar-refractivity contribution in [3.05, 3.63) is 0 Å². The molecular weight excluding hydrogens is 122 g/mol. The fourth-order valence-electron chi connectivity index (χ4n) is 0.272. The molecule has 2 N–H and O–H groups in total. The van der Waals surface area contributed by atoms with E-state index in [-0.39, 0.29) is 5.48 Å². The third-order valence-corrected chi connectivity index (χ3v) is 3.67. The van der Waals surface area contributed by atoms with Crippen molar-refractivity contribution in [3.63, 3.8) is 0 Å². The van der Waals surface area contributed by atoms with Gasteiger partial charge in [-0.05, 0) is 0 Å². The van der Waals surface area contributed by atoms with Gasteiger partial charge in [-0.25, -0.2) is 0 Å². The first-order chi connectivity index (χ1) is 2.77. The molecule has 7 heavy (non-hydrogen) atoms. The average Bonchev–Trinajstić information content (AvgIpc) is 1.35. The summed E-state index contributed by atoms with van der Waals surface area (Å²) in [4.78, 5) is 0. The molecule has 0 aliphatic heterocycles. The van der Waals surface area contributed by atoms with Gasteiger partial charge in [0.25, 0.3) is 0 Å². The Morgan fingerprint density at radius 2 is 1.86 bits per heavy atom. The van der Waals surface area contributed by atoms with Gasteiger partial charge in [-0.1, -0.05) is 17.4 Å². The molecule has 0 aliphatic rings. The minimum Gasteiger partial charge on any atom is -0.643 e. The molecule has 0 atom stereocenters. The predicted octanol–water partition coefficient (Wildman–Crippen LogP) is 0.0967. The van der Waals surface area contributed by atoms with Gasteiger partial charge in [-0.2, -0.15) is 0 Å². The van der Waals surface area contributed by atoms with Gasteiger partial charge in [0, 0.05) is 0 Å². The second-order valence-corrected chi connectivity index (χ2v) is 5.08. The van der Waals surface area contributed by atoms with E-state index in [1.165, 1.54) is 0 Å². The van der Waals surface area contributed by atoms with E-state index in [9.17, 15) is 0 Å². The van der Waals surface area contributed by atoms with E-state index in [1.807, 2.05) is 0 Å². The molecule has 41 valence electrons. The lowest BCUT2D eigenvalue weighted by Gasteiger charge is -1.96. The van der Waals surface area contributed by atoms with Crippen LogP contribution in [0.1, 0.15) is 0 Å². The largest absolute Gasteiger partial charge is 0.643 e. The van der Waals surface area contributed by atoms with Crippen molar-refractivity contribution in [3.8, 4) is 0 Å². The quantitative estimate of drug-likeness (QED) is 0.492. The van der Waals surface area contributed by atoms with E-state index in [1.54, 1.807) is 0 Å². The van der Waals surface area contributed by atoms with Gasteiger partial charge in [-0.15, -0.1) is 0 Å². The van der Waals surface area contributed by atoms with Gasteiger partial charge >= 0.3 is 30.0 Å². The van der Waals surface area contributed by atoms with Crippen molar-refractivity contribution >= 4 is 30.0 Å². The van der Waals surface area contributed by atoms with Crippen LogP contribution in [0.4, 0.5) is 0 Å². The van der Waals surface area contributed by atoms with Gasteiger partial charge in [0.2, 0.25) is 0 Å². The summed E-state index contributed by atoms with van der Waals surface area (Å²) in [5.74, 6) is 6.50. The molecule has 0 saturated heterocycles. The van der Waals surface area contributed by atoms with Crippen LogP contribution in [-0.2, 0) is 2.84 Å². The molecule has 0 heterocycles. The summed E-state index contributed by atoms with van der Waals surface area (Å²) in [6, 6.07) is 0. The van der Waals surface area contributed by atoms with Crippen LogP contribution in [0.15, 0.2) is 0 Å². The Labute approximate surface area is 55.9 Å². The number of hydrogen-bond donors (Lipinski definition) is 0. The lowest BCUT2D eigenvalue weighted by molar-refractivity contribution is 0.630. The fourth-order valence-corrected chi connectivity index (χ4v) is 2.45. The Bertz CT molecular complexity index is 32.1. The maximum atomic E-state index is 5.26. The summed E-state index contributed by atoms with van der Waals surface area (Å²) in [5, 5.41) is 0. The van der Waals surface area contributed by atoms with Crippen molar-refractivity contribution in [1.29, 1.82) is 0 Å². The van der Waals surface area contributed by atoms with E-state index >= 15 is 0 Å². The molecule has 1 radical (unpaired) electrons. The maximum absolute atomic E-state index is 5.26. The van der Waals surface area contributed by atoms with E-state index in [4.69, 9.17) is 2.84 Å². The van der Waals surface area contributed by atoms with E-state index in [0.717, 1.165) is 0 Å². The highest BCUT2D eigenvalue weighted by molar-refractivity contribution is 6.55. The second-order valence-electron chi connectivity index (χ2n) is 1.42. The maximum Gasteiger partial charge on any atom is 0.422 e. The first kappa shape index (κ1) is 10.9. The van der Waals surface area contributed by atoms with Crippen LogP contribution in [0.3, 0.4) is 0 Å². The van der Waals surface area contributed by atoms with Crippen LogP contribution in [-0.4, -0.2) is 35.5 Å². The zero-order valence-electron chi connectivity index (χ0n) is 5.06. The van der Waals surface area contributed by atoms with Crippen LogP contribution in [0, 0.1) is 0 Å². The van der Waals surface area contributed by atoms with E-state index < -0.39 is 14.5 Å². The molecule has 0 unspecified atom stereocenters. The first-order valence-electron chi connectivity index (χ1n) is 2.20. The lowest BCUT2D eigenvalue weighted by atomic mass is 11.9. The third kappa shape index (κ3) is 10.9. The standard InChI is InChI=1S/3CH3.2Al.H2O.O/h3*1H3;;;1H2;. The number of rotatable bonds is 2. The van der Waals surface area contributed by atoms with Crippen molar-refractivity contribution in [2.45, 2.75) is 17.4 Å². The Hall–Kier alpha value is 0.985. The molecule has 2 nitrogen and oxygen atoms in total. The summed E-state index contributed by atoms with van der Waals surface area (Å²) in [7, 11) is 0. The molecule has 0 amide bonds. The highest BCUT2D eigenvalue weighted by atomic mass is 27.3. The Morgan fingerprint density at radius 3 is 1.86 bits per heavy atom. The Morgan fingerprint density at radius 1 is 1.43 bits per heavy atom. The molecule has 0 aliphatic carbocycles. The summed E-state index contributed by atoms with van der Waals surface area (Å²) in [6.07, 6.45) is 0. The lowest BCUT2D eigenvalue weighted by Crippen LogP contribution is -2.08. The van der Waals surface area contributed by atoms with Crippen LogP contribution in [0.5, 0.6) is 0 Å². The summed E-state index contributed by atoms with van der Waals surface area (Å²) < 4.78 is 5.26. The molecule has 0 saturated carbocycles. The number of hydrogen-bond acceptors (Lipinski definition) is 1. The van der Waals surface area contributed by atoms with Crippen molar-refractivity contribution in [2.75, 3.05) is 0 Å². The van der Waals surface area contributed by atoms with Gasteiger partial charge in [0.05, 0.1) is 0 Å². The second kappa shape index (κ2) is 6.98. The normalized spacial score (nSPS) is 6.71. The zero-order valence-corrected chi connectivity index (χ0v) is 7.37.